The van der Waals surface area contributed by atoms with E-state index in [0.717, 1.165) is 5.02 Å². The summed E-state index contributed by atoms with van der Waals surface area (Å²) >= 11 is 6.02. The highest BCUT2D eigenvalue weighted by molar-refractivity contribution is 6.30. The summed E-state index contributed by atoms with van der Waals surface area (Å²) in [5.74, 6) is 0. The number of benzene rings is 1. The van der Waals surface area contributed by atoms with E-state index in [2.05, 4.69) is 17.4 Å². The van der Waals surface area contributed by atoms with Crippen molar-refractivity contribution in [2.45, 2.75) is 31.7 Å². The second-order valence-corrected chi connectivity index (χ2v) is 4.37. The van der Waals surface area contributed by atoms with Gasteiger partial charge >= 0.3 is 0 Å². The molecule has 1 aliphatic rings. The molecule has 0 spiro atoms. The first-order valence-electron chi connectivity index (χ1n) is 5.27. The molecule has 0 amide bonds. The van der Waals surface area contributed by atoms with Crippen LogP contribution in [0, 0.1) is 0 Å². The lowest BCUT2D eigenvalue weighted by atomic mass is 9.99. The van der Waals surface area contributed by atoms with Crippen LogP contribution in [0.25, 0.3) is 0 Å². The number of halogens is 1. The fraction of sp³-hybridized carbons (Fsp3) is 0.500. The predicted octanol–water partition coefficient (Wildman–Crippen LogP) is 3.33. The molecule has 0 bridgehead atoms. The van der Waals surface area contributed by atoms with Gasteiger partial charge in [-0.3, -0.25) is 0 Å². The van der Waals surface area contributed by atoms with Crippen molar-refractivity contribution >= 4 is 11.6 Å². The van der Waals surface area contributed by atoms with E-state index in [9.17, 15) is 0 Å². The monoisotopic (exact) mass is 209 g/mol. The average Bonchev–Trinajstić information content (AvgIpc) is 2.39. The van der Waals surface area contributed by atoms with E-state index in [1.165, 1.54) is 36.8 Å². The van der Waals surface area contributed by atoms with Crippen LogP contribution in [0.2, 0.25) is 5.02 Å². The third-order valence-electron chi connectivity index (χ3n) is 3.02. The Bertz CT molecular complexity index is 322. The number of hydrogen-bond donors (Lipinski definition) is 1. The molecule has 0 heterocycles. The molecule has 0 aromatic heterocycles. The molecule has 1 aromatic carbocycles. The van der Waals surface area contributed by atoms with Crippen molar-refractivity contribution in [2.24, 2.45) is 0 Å². The maximum atomic E-state index is 6.02. The molecule has 0 saturated heterocycles. The smallest absolute Gasteiger partial charge is 0.0409 e. The van der Waals surface area contributed by atoms with E-state index in [4.69, 9.17) is 11.6 Å². The van der Waals surface area contributed by atoms with Gasteiger partial charge < -0.3 is 5.32 Å². The Hall–Kier alpha value is -0.530. The molecule has 2 heteroatoms. The van der Waals surface area contributed by atoms with E-state index in [-0.39, 0.29) is 0 Å². The molecular weight excluding hydrogens is 194 g/mol. The molecular formula is C12H16ClN. The molecule has 1 N–H and O–H groups in total. The minimum Gasteiger partial charge on any atom is -0.313 e. The average molecular weight is 210 g/mol. The summed E-state index contributed by atoms with van der Waals surface area (Å²) in [6.45, 7) is 0. The van der Waals surface area contributed by atoms with Gasteiger partial charge in [0.25, 0.3) is 0 Å². The number of nitrogens with one attached hydrogen (secondary N) is 1. The van der Waals surface area contributed by atoms with Gasteiger partial charge in [0, 0.05) is 11.1 Å². The maximum Gasteiger partial charge on any atom is 0.0409 e. The zero-order valence-corrected chi connectivity index (χ0v) is 9.27. The minimum atomic E-state index is 0.492. The van der Waals surface area contributed by atoms with Crippen LogP contribution in [0.3, 0.4) is 0 Å². The van der Waals surface area contributed by atoms with Crippen LogP contribution < -0.4 is 5.32 Å². The van der Waals surface area contributed by atoms with Gasteiger partial charge in [-0.25, -0.2) is 0 Å². The molecule has 1 nitrogen and oxygen atoms in total. The van der Waals surface area contributed by atoms with Gasteiger partial charge in [0.05, 0.1) is 0 Å². The molecule has 76 valence electrons. The van der Waals surface area contributed by atoms with Gasteiger partial charge in [0.15, 0.2) is 0 Å². The van der Waals surface area contributed by atoms with Crippen LogP contribution in [0.4, 0.5) is 0 Å². The SMILES string of the molecule is CNC1CCCCc2ccc(Cl)cc21. The lowest BCUT2D eigenvalue weighted by Gasteiger charge is -2.16. The molecule has 0 saturated carbocycles. The van der Waals surface area contributed by atoms with Gasteiger partial charge in [-0.2, -0.15) is 0 Å². The summed E-state index contributed by atoms with van der Waals surface area (Å²) in [5.41, 5.74) is 2.86. The standard InChI is InChI=1S/C12H16ClN/c1-14-12-5-3-2-4-9-6-7-10(13)8-11(9)12/h6-8,12,14H,2-5H2,1H3. The molecule has 1 aliphatic carbocycles. The normalized spacial score (nSPS) is 21.4. The van der Waals surface area contributed by atoms with Gasteiger partial charge in [0.1, 0.15) is 0 Å². The summed E-state index contributed by atoms with van der Waals surface area (Å²) in [4.78, 5) is 0. The van der Waals surface area contributed by atoms with Gasteiger partial charge in [-0.05, 0) is 49.6 Å². The lowest BCUT2D eigenvalue weighted by Crippen LogP contribution is -2.16. The Morgan fingerprint density at radius 3 is 3.00 bits per heavy atom. The third kappa shape index (κ3) is 1.94. The Morgan fingerprint density at radius 1 is 1.36 bits per heavy atom. The Morgan fingerprint density at radius 2 is 2.21 bits per heavy atom. The van der Waals surface area contributed by atoms with Crippen LogP contribution in [0.1, 0.15) is 36.4 Å². The van der Waals surface area contributed by atoms with Crippen LogP contribution in [-0.2, 0) is 6.42 Å². The van der Waals surface area contributed by atoms with Gasteiger partial charge in [0.2, 0.25) is 0 Å². The largest absolute Gasteiger partial charge is 0.313 e. The van der Waals surface area contributed by atoms with Crippen molar-refractivity contribution < 1.29 is 0 Å². The predicted molar refractivity (Wildman–Crippen MR) is 60.8 cm³/mol. The first kappa shape index (κ1) is 10.0. The fourth-order valence-electron chi connectivity index (χ4n) is 2.24. The molecule has 0 aliphatic heterocycles. The van der Waals surface area contributed by atoms with E-state index in [1.54, 1.807) is 0 Å². The zero-order valence-electron chi connectivity index (χ0n) is 8.52. The third-order valence-corrected chi connectivity index (χ3v) is 3.26. The molecule has 1 aromatic rings. The Labute approximate surface area is 90.5 Å². The van der Waals surface area contributed by atoms with Crippen LogP contribution in [-0.4, -0.2) is 7.05 Å². The van der Waals surface area contributed by atoms with Crippen molar-refractivity contribution in [3.05, 3.63) is 34.3 Å². The van der Waals surface area contributed by atoms with Crippen molar-refractivity contribution in [2.75, 3.05) is 7.05 Å². The Balaban J connectivity index is 2.40. The van der Waals surface area contributed by atoms with E-state index in [1.807, 2.05) is 13.1 Å². The number of hydrogen-bond acceptors (Lipinski definition) is 1. The van der Waals surface area contributed by atoms with Gasteiger partial charge in [-0.15, -0.1) is 0 Å². The zero-order chi connectivity index (χ0) is 9.97. The van der Waals surface area contributed by atoms with E-state index < -0.39 is 0 Å². The summed E-state index contributed by atoms with van der Waals surface area (Å²) in [6, 6.07) is 6.78. The fourth-order valence-corrected chi connectivity index (χ4v) is 2.42. The second kappa shape index (κ2) is 4.33. The Kier molecular flexibility index (Phi) is 3.09. The van der Waals surface area contributed by atoms with Crippen molar-refractivity contribution in [3.8, 4) is 0 Å². The molecule has 14 heavy (non-hydrogen) atoms. The number of aryl methyl sites for hydroxylation is 1. The first-order chi connectivity index (χ1) is 6.81. The lowest BCUT2D eigenvalue weighted by molar-refractivity contribution is 0.533. The summed E-state index contributed by atoms with van der Waals surface area (Å²) in [5, 5.41) is 4.22. The van der Waals surface area contributed by atoms with Crippen LogP contribution >= 0.6 is 11.6 Å². The molecule has 1 atom stereocenters. The van der Waals surface area contributed by atoms with E-state index >= 15 is 0 Å². The summed E-state index contributed by atoms with van der Waals surface area (Å²) in [7, 11) is 2.03. The molecule has 0 radical (unpaired) electrons. The first-order valence-corrected chi connectivity index (χ1v) is 5.64. The quantitative estimate of drug-likeness (QED) is 0.700. The van der Waals surface area contributed by atoms with Crippen LogP contribution in [0.15, 0.2) is 18.2 Å². The van der Waals surface area contributed by atoms with Crippen molar-refractivity contribution in [1.82, 2.24) is 5.32 Å². The minimum absolute atomic E-state index is 0.492. The highest BCUT2D eigenvalue weighted by Crippen LogP contribution is 2.30. The number of fused-ring (bicyclic) bond motifs is 1. The molecule has 1 unspecified atom stereocenters. The van der Waals surface area contributed by atoms with Gasteiger partial charge in [-0.1, -0.05) is 24.1 Å². The highest BCUT2D eigenvalue weighted by atomic mass is 35.5. The second-order valence-electron chi connectivity index (χ2n) is 3.93. The molecule has 0 fully saturated rings. The summed E-state index contributed by atoms with van der Waals surface area (Å²) < 4.78 is 0. The number of rotatable bonds is 1. The van der Waals surface area contributed by atoms with Crippen molar-refractivity contribution in [1.29, 1.82) is 0 Å². The summed E-state index contributed by atoms with van der Waals surface area (Å²) in [6.07, 6.45) is 5.03. The highest BCUT2D eigenvalue weighted by Gasteiger charge is 2.16. The molecule has 2 rings (SSSR count). The van der Waals surface area contributed by atoms with Crippen LogP contribution in [0.5, 0.6) is 0 Å². The van der Waals surface area contributed by atoms with E-state index in [0.29, 0.717) is 6.04 Å². The van der Waals surface area contributed by atoms with Crippen molar-refractivity contribution in [3.63, 3.8) is 0 Å². The topological polar surface area (TPSA) is 12.0 Å². The maximum absolute atomic E-state index is 6.02.